The van der Waals surface area contributed by atoms with Gasteiger partial charge in [0.2, 0.25) is 5.91 Å². The Balaban J connectivity index is 1.45. The Morgan fingerprint density at radius 3 is 2.37 bits per heavy atom. The van der Waals surface area contributed by atoms with Crippen molar-refractivity contribution in [3.63, 3.8) is 0 Å². The molecule has 1 saturated heterocycles. The van der Waals surface area contributed by atoms with Crippen LogP contribution in [-0.2, 0) is 11.2 Å². The lowest BCUT2D eigenvalue weighted by Gasteiger charge is -2.32. The Morgan fingerprint density at radius 1 is 1.00 bits per heavy atom. The number of piperidine rings is 1. The third-order valence-corrected chi connectivity index (χ3v) is 5.38. The molecular weight excluding hydrogens is 336 g/mol. The van der Waals surface area contributed by atoms with E-state index in [2.05, 4.69) is 12.2 Å². The second-order valence-corrected chi connectivity index (χ2v) is 7.42. The molecule has 27 heavy (non-hydrogen) atoms. The van der Waals surface area contributed by atoms with Crippen molar-refractivity contribution in [3.8, 4) is 0 Å². The van der Waals surface area contributed by atoms with Gasteiger partial charge in [0.15, 0.2) is 0 Å². The fourth-order valence-electron chi connectivity index (χ4n) is 3.49. The monoisotopic (exact) mass is 364 g/mol. The molecule has 0 bridgehead atoms. The van der Waals surface area contributed by atoms with Crippen molar-refractivity contribution in [3.05, 3.63) is 70.8 Å². The third-order valence-electron chi connectivity index (χ3n) is 5.38. The van der Waals surface area contributed by atoms with Gasteiger partial charge in [-0.05, 0) is 61.9 Å². The number of hydrogen-bond acceptors (Lipinski definition) is 2. The second-order valence-electron chi connectivity index (χ2n) is 7.42. The van der Waals surface area contributed by atoms with Crippen molar-refractivity contribution in [1.29, 1.82) is 0 Å². The Labute approximate surface area is 161 Å². The van der Waals surface area contributed by atoms with Gasteiger partial charge in [0, 0.05) is 31.1 Å². The average molecular weight is 364 g/mol. The van der Waals surface area contributed by atoms with Crippen LogP contribution < -0.4 is 5.32 Å². The molecule has 1 N–H and O–H groups in total. The van der Waals surface area contributed by atoms with Gasteiger partial charge in [-0.15, -0.1) is 0 Å². The largest absolute Gasteiger partial charge is 0.353 e. The zero-order chi connectivity index (χ0) is 19.2. The van der Waals surface area contributed by atoms with Crippen LogP contribution in [-0.4, -0.2) is 35.8 Å². The number of hydrogen-bond donors (Lipinski definition) is 1. The van der Waals surface area contributed by atoms with E-state index in [1.165, 1.54) is 11.1 Å². The molecular formula is C23H28N2O2. The van der Waals surface area contributed by atoms with Crippen LogP contribution in [0.25, 0.3) is 0 Å². The van der Waals surface area contributed by atoms with E-state index in [4.69, 9.17) is 0 Å². The molecule has 1 heterocycles. The number of carbonyl (C=O) groups is 2. The average Bonchev–Trinajstić information content (AvgIpc) is 2.69. The first-order valence-electron chi connectivity index (χ1n) is 9.73. The lowest BCUT2D eigenvalue weighted by molar-refractivity contribution is -0.122. The fraction of sp³-hybridized carbons (Fsp3) is 0.391. The van der Waals surface area contributed by atoms with Gasteiger partial charge in [-0.1, -0.05) is 36.4 Å². The summed E-state index contributed by atoms with van der Waals surface area (Å²) in [5.74, 6) is 0.185. The first-order chi connectivity index (χ1) is 13.0. The molecule has 2 aromatic rings. The van der Waals surface area contributed by atoms with E-state index in [9.17, 15) is 9.59 Å². The maximum atomic E-state index is 12.7. The number of nitrogens with zero attached hydrogens (tertiary/aromatic N) is 1. The summed E-state index contributed by atoms with van der Waals surface area (Å²) in [4.78, 5) is 26.8. The van der Waals surface area contributed by atoms with Crippen molar-refractivity contribution < 1.29 is 9.59 Å². The Morgan fingerprint density at radius 2 is 1.70 bits per heavy atom. The first kappa shape index (κ1) is 19.2. The second kappa shape index (κ2) is 8.85. The van der Waals surface area contributed by atoms with Crippen LogP contribution in [0, 0.1) is 13.8 Å². The highest BCUT2D eigenvalue weighted by atomic mass is 16.2. The van der Waals surface area contributed by atoms with Gasteiger partial charge in [0.1, 0.15) is 0 Å². The van der Waals surface area contributed by atoms with E-state index in [1.807, 2.05) is 60.4 Å². The van der Waals surface area contributed by atoms with Crippen LogP contribution in [0.15, 0.2) is 48.5 Å². The molecule has 4 heteroatoms. The summed E-state index contributed by atoms with van der Waals surface area (Å²) < 4.78 is 0. The molecule has 0 saturated carbocycles. The molecule has 142 valence electrons. The number of rotatable bonds is 5. The van der Waals surface area contributed by atoms with E-state index >= 15 is 0 Å². The van der Waals surface area contributed by atoms with Crippen LogP contribution in [0.3, 0.4) is 0 Å². The molecule has 0 radical (unpaired) electrons. The highest BCUT2D eigenvalue weighted by Crippen LogP contribution is 2.17. The molecule has 0 atom stereocenters. The molecule has 0 aliphatic carbocycles. The van der Waals surface area contributed by atoms with Gasteiger partial charge >= 0.3 is 0 Å². The van der Waals surface area contributed by atoms with Crippen LogP contribution in [0.2, 0.25) is 0 Å². The normalized spacial score (nSPS) is 14.8. The Kier molecular flexibility index (Phi) is 6.28. The molecule has 4 nitrogen and oxygen atoms in total. The van der Waals surface area contributed by atoms with Crippen molar-refractivity contribution in [2.75, 3.05) is 13.1 Å². The maximum Gasteiger partial charge on any atom is 0.253 e. The number of benzene rings is 2. The van der Waals surface area contributed by atoms with Crippen LogP contribution >= 0.6 is 0 Å². The Hall–Kier alpha value is -2.62. The molecule has 2 aromatic carbocycles. The topological polar surface area (TPSA) is 49.4 Å². The summed E-state index contributed by atoms with van der Waals surface area (Å²) in [7, 11) is 0. The molecule has 1 aliphatic heterocycles. The van der Waals surface area contributed by atoms with Crippen molar-refractivity contribution >= 4 is 11.8 Å². The van der Waals surface area contributed by atoms with E-state index in [0.29, 0.717) is 19.5 Å². The minimum Gasteiger partial charge on any atom is -0.353 e. The number of aryl methyl sites for hydroxylation is 3. The summed E-state index contributed by atoms with van der Waals surface area (Å²) in [6, 6.07) is 16.1. The lowest BCUT2D eigenvalue weighted by Crippen LogP contribution is -2.46. The van der Waals surface area contributed by atoms with Gasteiger partial charge in [-0.25, -0.2) is 0 Å². The standard InChI is InChI=1S/C23H28N2O2/c1-17-8-10-20(16-18(17)2)23(27)25-14-12-21(13-15-25)24-22(26)11-9-19-6-4-3-5-7-19/h3-8,10,16,21H,9,11-15H2,1-2H3,(H,24,26). The summed E-state index contributed by atoms with van der Waals surface area (Å²) in [5.41, 5.74) is 4.27. The van der Waals surface area contributed by atoms with Crippen molar-refractivity contribution in [2.24, 2.45) is 0 Å². The van der Waals surface area contributed by atoms with Crippen molar-refractivity contribution in [1.82, 2.24) is 10.2 Å². The lowest BCUT2D eigenvalue weighted by atomic mass is 10.0. The molecule has 0 spiro atoms. The summed E-state index contributed by atoms with van der Waals surface area (Å²) in [5, 5.41) is 3.13. The van der Waals surface area contributed by atoms with Crippen LogP contribution in [0.5, 0.6) is 0 Å². The van der Waals surface area contributed by atoms with E-state index in [-0.39, 0.29) is 17.9 Å². The molecule has 1 fully saturated rings. The molecule has 1 aliphatic rings. The van der Waals surface area contributed by atoms with Crippen LogP contribution in [0.1, 0.15) is 46.3 Å². The van der Waals surface area contributed by atoms with Gasteiger partial charge in [0.05, 0.1) is 0 Å². The summed E-state index contributed by atoms with van der Waals surface area (Å²) >= 11 is 0. The minimum atomic E-state index is 0.0898. The van der Waals surface area contributed by atoms with Gasteiger partial charge in [-0.2, -0.15) is 0 Å². The van der Waals surface area contributed by atoms with E-state index < -0.39 is 0 Å². The maximum absolute atomic E-state index is 12.7. The van der Waals surface area contributed by atoms with Gasteiger partial charge in [-0.3, -0.25) is 9.59 Å². The first-order valence-corrected chi connectivity index (χ1v) is 9.73. The summed E-state index contributed by atoms with van der Waals surface area (Å²) in [6.07, 6.45) is 2.89. The molecule has 0 aromatic heterocycles. The van der Waals surface area contributed by atoms with E-state index in [0.717, 1.165) is 30.4 Å². The Bertz CT molecular complexity index is 793. The van der Waals surface area contributed by atoms with Crippen LogP contribution in [0.4, 0.5) is 0 Å². The summed E-state index contributed by atoms with van der Waals surface area (Å²) in [6.45, 7) is 5.46. The van der Waals surface area contributed by atoms with Gasteiger partial charge in [0.25, 0.3) is 5.91 Å². The number of likely N-dealkylation sites (tertiary alicyclic amines) is 1. The van der Waals surface area contributed by atoms with E-state index in [1.54, 1.807) is 0 Å². The minimum absolute atomic E-state index is 0.0898. The quantitative estimate of drug-likeness (QED) is 0.880. The highest BCUT2D eigenvalue weighted by molar-refractivity contribution is 5.94. The smallest absolute Gasteiger partial charge is 0.253 e. The van der Waals surface area contributed by atoms with Gasteiger partial charge < -0.3 is 10.2 Å². The fourth-order valence-corrected chi connectivity index (χ4v) is 3.49. The van der Waals surface area contributed by atoms with Crippen molar-refractivity contribution in [2.45, 2.75) is 45.6 Å². The molecule has 2 amide bonds. The predicted molar refractivity (Wildman–Crippen MR) is 108 cm³/mol. The third kappa shape index (κ3) is 5.19. The predicted octanol–water partition coefficient (Wildman–Crippen LogP) is 3.66. The zero-order valence-electron chi connectivity index (χ0n) is 16.2. The number of carbonyl (C=O) groups excluding carboxylic acids is 2. The zero-order valence-corrected chi connectivity index (χ0v) is 16.2. The molecule has 0 unspecified atom stereocenters. The highest BCUT2D eigenvalue weighted by Gasteiger charge is 2.24. The SMILES string of the molecule is Cc1ccc(C(=O)N2CCC(NC(=O)CCc3ccccc3)CC2)cc1C. The molecule has 3 rings (SSSR count). The number of nitrogens with one attached hydrogen (secondary N) is 1. The number of amides is 2.